The number of hydrogen-bond acceptors (Lipinski definition) is 6. The maximum atomic E-state index is 12.5. The van der Waals surface area contributed by atoms with Crippen LogP contribution in [-0.4, -0.2) is 29.8 Å². The van der Waals surface area contributed by atoms with E-state index in [2.05, 4.69) is 0 Å². The fraction of sp³-hybridized carbons (Fsp3) is 0.242. The maximum absolute atomic E-state index is 12.5. The molecule has 3 rings (SSSR count). The molecule has 0 amide bonds. The second kappa shape index (κ2) is 14.6. The van der Waals surface area contributed by atoms with E-state index in [0.29, 0.717) is 18.8 Å². The lowest BCUT2D eigenvalue weighted by Gasteiger charge is -2.24. The Morgan fingerprint density at radius 1 is 0.872 bits per heavy atom. The minimum Gasteiger partial charge on any atom is -0.516 e. The predicted octanol–water partition coefficient (Wildman–Crippen LogP) is 8.24. The Morgan fingerprint density at radius 3 is 2.10 bits per heavy atom. The summed E-state index contributed by atoms with van der Waals surface area (Å²) in [7, 11) is 0. The van der Waals surface area contributed by atoms with Crippen molar-refractivity contribution in [1.29, 1.82) is 0 Å². The number of carbonyl (C=O) groups excluding carboxylic acids is 1. The Balaban J connectivity index is 1.55. The number of benzene rings is 3. The van der Waals surface area contributed by atoms with Gasteiger partial charge in [0.15, 0.2) is 6.29 Å². The maximum Gasteiger partial charge on any atom is 0.514 e. The molecule has 0 spiro atoms. The molecule has 0 saturated carbocycles. The third kappa shape index (κ3) is 10.5. The monoisotopic (exact) mass is 528 g/mol. The molecule has 0 aliphatic carbocycles. The minimum absolute atomic E-state index is 0.306. The van der Waals surface area contributed by atoms with Crippen LogP contribution in [0.15, 0.2) is 91.2 Å². The highest BCUT2D eigenvalue weighted by Crippen LogP contribution is 2.22. The first-order valence-electron chi connectivity index (χ1n) is 12.9. The predicted molar refractivity (Wildman–Crippen MR) is 156 cm³/mol. The molecule has 6 heteroatoms. The normalized spacial score (nSPS) is 12.7. The van der Waals surface area contributed by atoms with E-state index in [-0.39, 0.29) is 6.29 Å². The van der Waals surface area contributed by atoms with Gasteiger partial charge in [0.05, 0.1) is 6.26 Å². The highest BCUT2D eigenvalue weighted by molar-refractivity contribution is 5.66. The molecule has 0 radical (unpaired) electrons. The lowest BCUT2D eigenvalue weighted by atomic mass is 9.97. The first-order chi connectivity index (χ1) is 18.8. The molecule has 6 nitrogen and oxygen atoms in total. The van der Waals surface area contributed by atoms with Crippen LogP contribution in [0.1, 0.15) is 49.9 Å². The van der Waals surface area contributed by atoms with E-state index < -0.39 is 11.8 Å². The van der Waals surface area contributed by atoms with E-state index in [4.69, 9.17) is 24.1 Å². The second-order valence-corrected chi connectivity index (χ2v) is 9.46. The van der Waals surface area contributed by atoms with E-state index in [1.807, 2.05) is 113 Å². The van der Waals surface area contributed by atoms with Gasteiger partial charge in [-0.15, -0.1) is 0 Å². The van der Waals surface area contributed by atoms with E-state index in [1.165, 1.54) is 0 Å². The van der Waals surface area contributed by atoms with Crippen molar-refractivity contribution >= 4 is 24.4 Å². The minimum atomic E-state index is -0.787. The summed E-state index contributed by atoms with van der Waals surface area (Å²) in [5.41, 5.74) is 2.93. The molecule has 204 valence electrons. The third-order valence-corrected chi connectivity index (χ3v) is 5.52. The Bertz CT molecular complexity index is 1300. The summed E-state index contributed by atoms with van der Waals surface area (Å²) in [6.07, 6.45) is 9.75. The van der Waals surface area contributed by atoms with Crippen LogP contribution < -0.4 is 9.47 Å². The summed E-state index contributed by atoms with van der Waals surface area (Å²) in [6.45, 7) is 8.05. The van der Waals surface area contributed by atoms with Gasteiger partial charge in [0.2, 0.25) is 0 Å². The van der Waals surface area contributed by atoms with Crippen molar-refractivity contribution < 1.29 is 28.8 Å². The molecule has 0 aliphatic rings. The van der Waals surface area contributed by atoms with Gasteiger partial charge in [-0.1, -0.05) is 72.8 Å². The fourth-order valence-electron chi connectivity index (χ4n) is 3.93. The van der Waals surface area contributed by atoms with Crippen molar-refractivity contribution in [2.24, 2.45) is 0 Å². The summed E-state index contributed by atoms with van der Waals surface area (Å²) in [6, 6.07) is 22.6. The summed E-state index contributed by atoms with van der Waals surface area (Å²) in [5.74, 6) is 1.14. The van der Waals surface area contributed by atoms with Gasteiger partial charge < -0.3 is 24.1 Å². The molecule has 3 aromatic rings. The molecule has 39 heavy (non-hydrogen) atoms. The fourth-order valence-corrected chi connectivity index (χ4v) is 3.93. The Morgan fingerprint density at radius 2 is 1.46 bits per heavy atom. The van der Waals surface area contributed by atoms with E-state index in [0.717, 1.165) is 34.3 Å². The molecule has 0 heterocycles. The Hall–Kier alpha value is -4.29. The molecular formula is C33H36O6. The first-order valence-corrected chi connectivity index (χ1v) is 12.9. The van der Waals surface area contributed by atoms with Gasteiger partial charge in [0.25, 0.3) is 0 Å². The van der Waals surface area contributed by atoms with Crippen molar-refractivity contribution in [3.8, 4) is 11.5 Å². The summed E-state index contributed by atoms with van der Waals surface area (Å²) < 4.78 is 22.2. The zero-order valence-electron chi connectivity index (χ0n) is 22.9. The van der Waals surface area contributed by atoms with Crippen molar-refractivity contribution in [2.75, 3.05) is 6.61 Å². The van der Waals surface area contributed by atoms with Crippen molar-refractivity contribution in [2.45, 2.75) is 46.0 Å². The van der Waals surface area contributed by atoms with Gasteiger partial charge in [0.1, 0.15) is 17.1 Å². The van der Waals surface area contributed by atoms with Gasteiger partial charge in [-0.05, 0) is 80.3 Å². The average Bonchev–Trinajstić information content (AvgIpc) is 2.87. The number of rotatable bonds is 12. The van der Waals surface area contributed by atoms with E-state index in [1.54, 1.807) is 18.2 Å². The largest absolute Gasteiger partial charge is 0.516 e. The van der Waals surface area contributed by atoms with E-state index >= 15 is 0 Å². The van der Waals surface area contributed by atoms with Crippen LogP contribution in [0.3, 0.4) is 0 Å². The van der Waals surface area contributed by atoms with E-state index in [9.17, 15) is 4.79 Å². The quantitative estimate of drug-likeness (QED) is 0.0839. The molecule has 0 fully saturated rings. The molecule has 1 unspecified atom stereocenters. The number of aliphatic hydroxyl groups excluding tert-OH is 1. The van der Waals surface area contributed by atoms with Crippen LogP contribution >= 0.6 is 0 Å². The smallest absolute Gasteiger partial charge is 0.514 e. The molecule has 3 aromatic carbocycles. The zero-order chi connectivity index (χ0) is 28.1. The number of aliphatic hydroxyl groups is 1. The van der Waals surface area contributed by atoms with Crippen LogP contribution in [0.2, 0.25) is 0 Å². The SMILES string of the molecule is CCOC(C)Oc1cccc(C=CC=Cc2cccc(OC(=O)OC(C)(C)Cc3cccc(C=CO)c3)c2)c1. The summed E-state index contributed by atoms with van der Waals surface area (Å²) in [5, 5.41) is 8.99. The van der Waals surface area contributed by atoms with Gasteiger partial charge in [-0.25, -0.2) is 4.79 Å². The van der Waals surface area contributed by atoms with Crippen LogP contribution in [0, 0.1) is 0 Å². The highest BCUT2D eigenvalue weighted by atomic mass is 16.7. The molecule has 0 aliphatic heterocycles. The van der Waals surface area contributed by atoms with Crippen molar-refractivity contribution in [3.05, 3.63) is 113 Å². The summed E-state index contributed by atoms with van der Waals surface area (Å²) >= 11 is 0. The standard InChI is InChI=1S/C33H36O6/c1-5-36-25(2)37-30-17-9-14-26(22-30)11-6-7-12-27-15-10-18-31(23-27)38-32(35)39-33(3,4)24-29-16-8-13-28(21-29)19-20-34/h6-23,25,34H,5,24H2,1-4H3. The lowest BCUT2D eigenvalue weighted by Crippen LogP contribution is -2.32. The number of ether oxygens (including phenoxy) is 4. The van der Waals surface area contributed by atoms with Crippen molar-refractivity contribution in [3.63, 3.8) is 0 Å². The zero-order valence-corrected chi connectivity index (χ0v) is 22.9. The Labute approximate surface area is 230 Å². The van der Waals surface area contributed by atoms with Crippen LogP contribution in [-0.2, 0) is 15.9 Å². The molecule has 1 atom stereocenters. The summed E-state index contributed by atoms with van der Waals surface area (Å²) in [4.78, 5) is 12.5. The third-order valence-electron chi connectivity index (χ3n) is 5.52. The average molecular weight is 529 g/mol. The van der Waals surface area contributed by atoms with Gasteiger partial charge in [-0.2, -0.15) is 0 Å². The number of hydrogen-bond donors (Lipinski definition) is 1. The number of carbonyl (C=O) groups is 1. The van der Waals surface area contributed by atoms with Crippen molar-refractivity contribution in [1.82, 2.24) is 0 Å². The van der Waals surface area contributed by atoms with Crippen LogP contribution in [0.5, 0.6) is 11.5 Å². The Kier molecular flexibility index (Phi) is 11.0. The molecule has 0 saturated heterocycles. The highest BCUT2D eigenvalue weighted by Gasteiger charge is 2.25. The first kappa shape index (κ1) is 29.3. The topological polar surface area (TPSA) is 74.2 Å². The van der Waals surface area contributed by atoms with Crippen LogP contribution in [0.25, 0.3) is 18.2 Å². The molecule has 1 N–H and O–H groups in total. The molecule has 0 aromatic heterocycles. The molecular weight excluding hydrogens is 492 g/mol. The van der Waals surface area contributed by atoms with Gasteiger partial charge in [-0.3, -0.25) is 0 Å². The second-order valence-electron chi connectivity index (χ2n) is 9.46. The van der Waals surface area contributed by atoms with Crippen LogP contribution in [0.4, 0.5) is 4.79 Å². The van der Waals surface area contributed by atoms with Gasteiger partial charge in [0, 0.05) is 13.0 Å². The van der Waals surface area contributed by atoms with Gasteiger partial charge >= 0.3 is 6.16 Å². The molecule has 0 bridgehead atoms. The number of allylic oxidation sites excluding steroid dienone is 2. The lowest BCUT2D eigenvalue weighted by molar-refractivity contribution is -0.0613.